The molecule has 0 aliphatic rings. The fourth-order valence-electron chi connectivity index (χ4n) is 2.42. The van der Waals surface area contributed by atoms with E-state index in [0.29, 0.717) is 23.2 Å². The Labute approximate surface area is 132 Å². The van der Waals surface area contributed by atoms with Gasteiger partial charge in [0.15, 0.2) is 5.78 Å². The average molecular weight is 312 g/mol. The zero-order chi connectivity index (χ0) is 16.0. The molecule has 0 atom stereocenters. The molecule has 0 heterocycles. The molecule has 2 rings (SSSR count). The molecule has 0 N–H and O–H groups in total. The predicted octanol–water partition coefficient (Wildman–Crippen LogP) is 5.31. The monoisotopic (exact) mass is 312 g/mol. The molecular formula is C19H21O2P. The lowest BCUT2D eigenvalue weighted by Crippen LogP contribution is -2.00. The Kier molecular flexibility index (Phi) is 5.51. The van der Waals surface area contributed by atoms with E-state index in [1.165, 1.54) is 0 Å². The van der Waals surface area contributed by atoms with Gasteiger partial charge in [-0.05, 0) is 11.6 Å². The topological polar surface area (TPSA) is 34.1 Å². The Morgan fingerprint density at radius 1 is 0.864 bits per heavy atom. The van der Waals surface area contributed by atoms with Crippen LogP contribution in [0.2, 0.25) is 0 Å². The first-order valence-corrected chi connectivity index (χ1v) is 9.63. The lowest BCUT2D eigenvalue weighted by Gasteiger charge is -2.19. The van der Waals surface area contributed by atoms with Gasteiger partial charge in [0.25, 0.3) is 0 Å². The van der Waals surface area contributed by atoms with Gasteiger partial charge < -0.3 is 4.57 Å². The summed E-state index contributed by atoms with van der Waals surface area (Å²) in [6.45, 7) is 3.85. The Hall–Kier alpha value is -1.92. The summed E-state index contributed by atoms with van der Waals surface area (Å²) in [5.41, 5.74) is 1.49. The molecule has 22 heavy (non-hydrogen) atoms. The number of carbonyl (C=O) groups is 1. The second kappa shape index (κ2) is 7.38. The number of hydrogen-bond acceptors (Lipinski definition) is 2. The van der Waals surface area contributed by atoms with Crippen molar-refractivity contribution in [2.75, 3.05) is 12.3 Å². The highest BCUT2D eigenvalue weighted by Gasteiger charge is 2.25. The molecule has 2 aromatic carbocycles. The summed E-state index contributed by atoms with van der Waals surface area (Å²) in [5, 5.41) is 0.687. The second-order valence-corrected chi connectivity index (χ2v) is 8.67. The van der Waals surface area contributed by atoms with Crippen LogP contribution in [0.5, 0.6) is 0 Å². The molecule has 0 aromatic heterocycles. The molecule has 3 heteroatoms. The first-order chi connectivity index (χ1) is 10.6. The Morgan fingerprint density at radius 2 is 1.32 bits per heavy atom. The summed E-state index contributed by atoms with van der Waals surface area (Å²) in [5.74, 6) is -0.0958. The first kappa shape index (κ1) is 16.5. The highest BCUT2D eigenvalue weighted by Crippen LogP contribution is 2.57. The number of hydrogen-bond donors (Lipinski definition) is 0. The third-order valence-corrected chi connectivity index (χ3v) is 7.17. The van der Waals surface area contributed by atoms with Gasteiger partial charge in [-0.3, -0.25) is 4.79 Å². The van der Waals surface area contributed by atoms with Crippen LogP contribution in [0.4, 0.5) is 0 Å². The van der Waals surface area contributed by atoms with Gasteiger partial charge in [-0.25, -0.2) is 0 Å². The maximum absolute atomic E-state index is 13.2. The van der Waals surface area contributed by atoms with Crippen LogP contribution >= 0.6 is 7.14 Å². The van der Waals surface area contributed by atoms with Crippen LogP contribution < -0.4 is 0 Å². The van der Waals surface area contributed by atoms with Crippen molar-refractivity contribution in [1.29, 1.82) is 0 Å². The molecule has 0 radical (unpaired) electrons. The van der Waals surface area contributed by atoms with E-state index in [1.54, 1.807) is 18.2 Å². The van der Waals surface area contributed by atoms with E-state index < -0.39 is 7.14 Å². The Bertz CT molecular complexity index is 695. The summed E-state index contributed by atoms with van der Waals surface area (Å²) < 4.78 is 13.2. The van der Waals surface area contributed by atoms with Crippen molar-refractivity contribution >= 4 is 18.2 Å². The van der Waals surface area contributed by atoms with Crippen molar-refractivity contribution < 1.29 is 9.36 Å². The number of carbonyl (C=O) groups excluding carboxylic acids is 1. The van der Waals surface area contributed by atoms with Crippen LogP contribution in [0, 0.1) is 0 Å². The zero-order valence-electron chi connectivity index (χ0n) is 13.0. The number of rotatable bonds is 6. The maximum atomic E-state index is 13.2. The molecule has 0 amide bonds. The van der Waals surface area contributed by atoms with E-state index in [9.17, 15) is 9.36 Å². The van der Waals surface area contributed by atoms with Crippen molar-refractivity contribution in [3.63, 3.8) is 0 Å². The maximum Gasteiger partial charge on any atom is 0.186 e. The number of benzene rings is 2. The highest BCUT2D eigenvalue weighted by molar-refractivity contribution is 7.74. The van der Waals surface area contributed by atoms with Gasteiger partial charge in [0, 0.05) is 23.2 Å². The van der Waals surface area contributed by atoms with Crippen LogP contribution in [0.25, 0.3) is 5.31 Å². The van der Waals surface area contributed by atoms with E-state index in [1.807, 2.05) is 62.4 Å². The van der Waals surface area contributed by atoms with Crippen LogP contribution in [-0.2, 0) is 4.57 Å². The van der Waals surface area contributed by atoms with Gasteiger partial charge in [0.2, 0.25) is 0 Å². The van der Waals surface area contributed by atoms with Crippen molar-refractivity contribution in [3.8, 4) is 0 Å². The van der Waals surface area contributed by atoms with Gasteiger partial charge >= 0.3 is 0 Å². The van der Waals surface area contributed by atoms with Crippen molar-refractivity contribution in [2.45, 2.75) is 13.8 Å². The third kappa shape index (κ3) is 3.64. The quantitative estimate of drug-likeness (QED) is 0.411. The molecule has 2 aromatic rings. The van der Waals surface area contributed by atoms with Crippen LogP contribution in [0.15, 0.2) is 66.7 Å². The summed E-state index contributed by atoms with van der Waals surface area (Å²) >= 11 is 0. The van der Waals surface area contributed by atoms with Gasteiger partial charge in [-0.1, -0.05) is 74.5 Å². The van der Waals surface area contributed by atoms with E-state index in [4.69, 9.17) is 0 Å². The minimum absolute atomic E-state index is 0.0958. The summed E-state index contributed by atoms with van der Waals surface area (Å²) in [6.07, 6.45) is 2.69. The molecule has 0 bridgehead atoms. The predicted molar refractivity (Wildman–Crippen MR) is 93.9 cm³/mol. The van der Waals surface area contributed by atoms with Gasteiger partial charge in [-0.2, -0.15) is 0 Å². The van der Waals surface area contributed by atoms with E-state index in [2.05, 4.69) is 0 Å². The molecule has 0 spiro atoms. The normalized spacial score (nSPS) is 12.2. The van der Waals surface area contributed by atoms with Crippen molar-refractivity contribution in [2.24, 2.45) is 0 Å². The number of allylic oxidation sites excluding steroid dienone is 1. The molecule has 0 aliphatic heterocycles. The first-order valence-electron chi connectivity index (χ1n) is 7.56. The van der Waals surface area contributed by atoms with Gasteiger partial charge in [0.1, 0.15) is 7.14 Å². The average Bonchev–Trinajstić information content (AvgIpc) is 2.60. The zero-order valence-corrected chi connectivity index (χ0v) is 13.9. The van der Waals surface area contributed by atoms with E-state index in [-0.39, 0.29) is 5.78 Å². The standard InChI is InChI=1S/C19H21O2P/c1-3-22(21,4-2)19(17-13-9-6-10-14-17)15-18(20)16-11-7-5-8-12-16/h5-15H,3-4H2,1-2H3/b19-15-. The second-order valence-electron chi connectivity index (χ2n) is 5.15. The minimum atomic E-state index is -2.55. The largest absolute Gasteiger partial charge is 0.319 e. The molecule has 0 saturated heterocycles. The fourth-order valence-corrected chi connectivity index (χ4v) is 4.52. The molecule has 0 aliphatic carbocycles. The van der Waals surface area contributed by atoms with E-state index in [0.717, 1.165) is 5.56 Å². The molecule has 114 valence electrons. The molecule has 0 fully saturated rings. The van der Waals surface area contributed by atoms with Crippen LogP contribution in [-0.4, -0.2) is 18.1 Å². The van der Waals surface area contributed by atoms with E-state index >= 15 is 0 Å². The van der Waals surface area contributed by atoms with Gasteiger partial charge in [-0.15, -0.1) is 0 Å². The van der Waals surface area contributed by atoms with Crippen molar-refractivity contribution in [1.82, 2.24) is 0 Å². The summed E-state index contributed by atoms with van der Waals surface area (Å²) in [4.78, 5) is 12.5. The summed E-state index contributed by atoms with van der Waals surface area (Å²) in [7, 11) is -2.55. The Balaban J connectivity index is 2.52. The van der Waals surface area contributed by atoms with Crippen LogP contribution in [0.1, 0.15) is 29.8 Å². The number of ketones is 1. The lowest BCUT2D eigenvalue weighted by molar-refractivity contribution is 0.104. The smallest absolute Gasteiger partial charge is 0.186 e. The molecule has 0 saturated carbocycles. The van der Waals surface area contributed by atoms with Crippen LogP contribution in [0.3, 0.4) is 0 Å². The Morgan fingerprint density at radius 3 is 1.77 bits per heavy atom. The van der Waals surface area contributed by atoms with Crippen molar-refractivity contribution in [3.05, 3.63) is 77.9 Å². The molecule has 0 unspecified atom stereocenters. The SMILES string of the molecule is CCP(=O)(CC)/C(=C\C(=O)c1ccccc1)c1ccccc1. The summed E-state index contributed by atoms with van der Waals surface area (Å²) in [6, 6.07) is 18.7. The minimum Gasteiger partial charge on any atom is -0.319 e. The fraction of sp³-hybridized carbons (Fsp3) is 0.211. The third-order valence-electron chi connectivity index (χ3n) is 3.86. The lowest BCUT2D eigenvalue weighted by atomic mass is 10.1. The van der Waals surface area contributed by atoms with Gasteiger partial charge in [0.05, 0.1) is 0 Å². The molecule has 2 nitrogen and oxygen atoms in total. The molecular weight excluding hydrogens is 291 g/mol. The highest BCUT2D eigenvalue weighted by atomic mass is 31.2.